The summed E-state index contributed by atoms with van der Waals surface area (Å²) >= 11 is 0. The fourth-order valence-electron chi connectivity index (χ4n) is 0.951. The zero-order chi connectivity index (χ0) is 14.3. The predicted octanol–water partition coefficient (Wildman–Crippen LogP) is 0.00420. The quantitative estimate of drug-likeness (QED) is 0.676. The Hall–Kier alpha value is -1.63. The maximum atomic E-state index is 11.5. The topological polar surface area (TPSA) is 102 Å². The first-order valence-corrected chi connectivity index (χ1v) is 5.42. The molecule has 0 radical (unpaired) electrons. The Labute approximate surface area is 105 Å². The van der Waals surface area contributed by atoms with Crippen LogP contribution in [0.15, 0.2) is 0 Å². The summed E-state index contributed by atoms with van der Waals surface area (Å²) in [5.41, 5.74) is -0.705. The molecule has 7 nitrogen and oxygen atoms in total. The molecule has 0 saturated heterocycles. The van der Waals surface area contributed by atoms with E-state index < -0.39 is 42.7 Å². The number of carbonyl (C=O) groups is 3. The number of esters is 1. The third-order valence-electron chi connectivity index (χ3n) is 1.68. The number of aliphatic hydroxyl groups excluding tert-OH is 1. The lowest BCUT2D eigenvalue weighted by Gasteiger charge is -2.22. The average molecular weight is 261 g/mol. The Kier molecular flexibility index (Phi) is 6.32. The van der Waals surface area contributed by atoms with E-state index in [1.165, 1.54) is 0 Å². The predicted molar refractivity (Wildman–Crippen MR) is 61.9 cm³/mol. The highest BCUT2D eigenvalue weighted by Crippen LogP contribution is 2.06. The third kappa shape index (κ3) is 7.61. The lowest BCUT2D eigenvalue weighted by molar-refractivity contribution is -0.146. The molecule has 0 aliphatic carbocycles. The molecule has 7 heteroatoms. The lowest BCUT2D eigenvalue weighted by atomic mass is 10.2. The van der Waals surface area contributed by atoms with Crippen LogP contribution in [0.1, 0.15) is 27.7 Å². The first-order valence-electron chi connectivity index (χ1n) is 5.42. The number of nitrogens with one attached hydrogen (secondary N) is 1. The maximum Gasteiger partial charge on any atom is 0.408 e. The van der Waals surface area contributed by atoms with Crippen LogP contribution >= 0.6 is 0 Å². The molecule has 0 aromatic rings. The minimum atomic E-state index is -1.15. The summed E-state index contributed by atoms with van der Waals surface area (Å²) in [6, 6.07) is -1.15. The van der Waals surface area contributed by atoms with Crippen molar-refractivity contribution in [2.24, 2.45) is 0 Å². The number of rotatable bonds is 5. The van der Waals surface area contributed by atoms with Crippen LogP contribution in [0.5, 0.6) is 0 Å². The summed E-state index contributed by atoms with van der Waals surface area (Å²) < 4.78 is 9.40. The lowest BCUT2D eigenvalue weighted by Crippen LogP contribution is -2.47. The molecule has 18 heavy (non-hydrogen) atoms. The highest BCUT2D eigenvalue weighted by atomic mass is 16.6. The highest BCUT2D eigenvalue weighted by Gasteiger charge is 2.24. The molecule has 104 valence electrons. The van der Waals surface area contributed by atoms with Crippen molar-refractivity contribution in [1.82, 2.24) is 5.32 Å². The van der Waals surface area contributed by atoms with Gasteiger partial charge in [0.1, 0.15) is 11.6 Å². The molecule has 0 saturated carbocycles. The number of alkyl carbamates (subject to hydrolysis) is 1. The molecule has 0 aliphatic heterocycles. The molecule has 0 fully saturated rings. The Morgan fingerprint density at radius 3 is 2.22 bits per heavy atom. The summed E-state index contributed by atoms with van der Waals surface area (Å²) in [6.07, 6.45) is -0.822. The minimum Gasteiger partial charge on any atom is -0.458 e. The van der Waals surface area contributed by atoms with Crippen LogP contribution in [0.25, 0.3) is 0 Å². The highest BCUT2D eigenvalue weighted by molar-refractivity contribution is 5.89. The molecule has 0 heterocycles. The first kappa shape index (κ1) is 16.4. The number of Topliss-reactive ketones (excluding diaryl/α,β-unsaturated/α-hetero) is 1. The largest absolute Gasteiger partial charge is 0.458 e. The van der Waals surface area contributed by atoms with Crippen molar-refractivity contribution in [3.8, 4) is 0 Å². The molecule has 0 aliphatic rings. The molecule has 0 spiro atoms. The molecule has 1 atom stereocenters. The van der Waals surface area contributed by atoms with Gasteiger partial charge in [0.25, 0.3) is 0 Å². The van der Waals surface area contributed by atoms with Crippen LogP contribution in [0, 0.1) is 0 Å². The van der Waals surface area contributed by atoms with Gasteiger partial charge in [-0.3, -0.25) is 9.59 Å². The monoisotopic (exact) mass is 261 g/mol. The summed E-state index contributed by atoms with van der Waals surface area (Å²) in [6.45, 7) is 5.06. The van der Waals surface area contributed by atoms with E-state index in [0.717, 1.165) is 6.92 Å². The Bertz CT molecular complexity index is 320. The number of aliphatic hydroxyl groups is 1. The van der Waals surface area contributed by atoms with Crippen LogP contribution < -0.4 is 5.32 Å². The van der Waals surface area contributed by atoms with Crippen molar-refractivity contribution in [3.05, 3.63) is 0 Å². The summed E-state index contributed by atoms with van der Waals surface area (Å²) in [5, 5.41) is 11.2. The van der Waals surface area contributed by atoms with E-state index in [-0.39, 0.29) is 0 Å². The molecule has 0 aromatic carbocycles. The Morgan fingerprint density at radius 1 is 1.28 bits per heavy atom. The van der Waals surface area contributed by atoms with Crippen LogP contribution in [0.4, 0.5) is 4.79 Å². The number of hydrogen-bond acceptors (Lipinski definition) is 6. The van der Waals surface area contributed by atoms with Gasteiger partial charge in [0.2, 0.25) is 0 Å². The number of ketones is 1. The molecule has 0 unspecified atom stereocenters. The van der Waals surface area contributed by atoms with E-state index in [2.05, 4.69) is 10.1 Å². The molecular weight excluding hydrogens is 242 g/mol. The number of hydrogen-bond donors (Lipinski definition) is 2. The third-order valence-corrected chi connectivity index (χ3v) is 1.68. The van der Waals surface area contributed by atoms with Crippen LogP contribution in [0.2, 0.25) is 0 Å². The first-order chi connectivity index (χ1) is 8.15. The summed E-state index contributed by atoms with van der Waals surface area (Å²) in [7, 11) is 0. The van der Waals surface area contributed by atoms with Crippen LogP contribution in [0.3, 0.4) is 0 Å². The molecule has 2 N–H and O–H groups in total. The second-order valence-electron chi connectivity index (χ2n) is 4.63. The van der Waals surface area contributed by atoms with Crippen molar-refractivity contribution in [1.29, 1.82) is 0 Å². The maximum absolute atomic E-state index is 11.5. The van der Waals surface area contributed by atoms with Crippen molar-refractivity contribution in [2.45, 2.75) is 39.3 Å². The smallest absolute Gasteiger partial charge is 0.408 e. The molecule has 1 amide bonds. The van der Waals surface area contributed by atoms with E-state index >= 15 is 0 Å². The average Bonchev–Trinajstić information content (AvgIpc) is 2.19. The number of carbonyl (C=O) groups excluding carboxylic acids is 3. The van der Waals surface area contributed by atoms with Crippen molar-refractivity contribution >= 4 is 17.8 Å². The van der Waals surface area contributed by atoms with Crippen molar-refractivity contribution in [3.63, 3.8) is 0 Å². The van der Waals surface area contributed by atoms with Gasteiger partial charge in [0, 0.05) is 6.92 Å². The van der Waals surface area contributed by atoms with Gasteiger partial charge in [0.05, 0.1) is 6.61 Å². The van der Waals surface area contributed by atoms with Crippen molar-refractivity contribution in [2.75, 3.05) is 13.2 Å². The van der Waals surface area contributed by atoms with Gasteiger partial charge < -0.3 is 19.9 Å². The van der Waals surface area contributed by atoms with E-state index in [1.807, 2.05) is 0 Å². The van der Waals surface area contributed by atoms with Gasteiger partial charge in [-0.1, -0.05) is 0 Å². The van der Waals surface area contributed by atoms with Gasteiger partial charge >= 0.3 is 12.1 Å². The second kappa shape index (κ2) is 6.95. The van der Waals surface area contributed by atoms with E-state index in [4.69, 9.17) is 9.84 Å². The van der Waals surface area contributed by atoms with Gasteiger partial charge in [0.15, 0.2) is 12.4 Å². The second-order valence-corrected chi connectivity index (χ2v) is 4.63. The SMILES string of the molecule is CC(=O)OCC(=O)[C@H](CO)NC(=O)OC(C)(C)C. The van der Waals surface area contributed by atoms with E-state index in [1.54, 1.807) is 20.8 Å². The number of amides is 1. The van der Waals surface area contributed by atoms with Crippen LogP contribution in [-0.4, -0.2) is 47.8 Å². The molecular formula is C11H19NO6. The fourth-order valence-corrected chi connectivity index (χ4v) is 0.951. The van der Waals surface area contributed by atoms with E-state index in [9.17, 15) is 14.4 Å². The molecule has 0 aromatic heterocycles. The minimum absolute atomic E-state index is 0.504. The van der Waals surface area contributed by atoms with Gasteiger partial charge in [-0.05, 0) is 20.8 Å². The van der Waals surface area contributed by atoms with Gasteiger partial charge in [-0.2, -0.15) is 0 Å². The summed E-state index contributed by atoms with van der Waals surface area (Å²) in [4.78, 5) is 33.4. The summed E-state index contributed by atoms with van der Waals surface area (Å²) in [5.74, 6) is -1.23. The van der Waals surface area contributed by atoms with Gasteiger partial charge in [-0.25, -0.2) is 4.79 Å². The Balaban J connectivity index is 4.29. The molecule has 0 bridgehead atoms. The number of ether oxygens (including phenoxy) is 2. The van der Waals surface area contributed by atoms with Gasteiger partial charge in [-0.15, -0.1) is 0 Å². The zero-order valence-electron chi connectivity index (χ0n) is 11.0. The van der Waals surface area contributed by atoms with Crippen molar-refractivity contribution < 1.29 is 29.0 Å². The Morgan fingerprint density at radius 2 is 1.83 bits per heavy atom. The zero-order valence-corrected chi connectivity index (χ0v) is 11.0. The van der Waals surface area contributed by atoms with Crippen LogP contribution in [-0.2, 0) is 19.1 Å². The standard InChI is InChI=1S/C11H19NO6/c1-7(14)17-6-9(15)8(5-13)12-10(16)18-11(2,3)4/h8,13H,5-6H2,1-4H3,(H,12,16)/t8-/m0/s1. The molecule has 0 rings (SSSR count). The fraction of sp³-hybridized carbons (Fsp3) is 0.727. The normalized spacial score (nSPS) is 12.5. The van der Waals surface area contributed by atoms with E-state index in [0.29, 0.717) is 0 Å².